The van der Waals surface area contributed by atoms with Crippen molar-refractivity contribution in [2.45, 2.75) is 19.3 Å². The summed E-state index contributed by atoms with van der Waals surface area (Å²) in [4.78, 5) is 6.63. The fraction of sp³-hybridized carbons (Fsp3) is 0.818. The minimum atomic E-state index is -0.230. The highest BCUT2D eigenvalue weighted by atomic mass is 32.1. The van der Waals surface area contributed by atoms with Gasteiger partial charge < -0.3 is 9.64 Å². The molecule has 1 aliphatic heterocycles. The molecule has 6 heteroatoms. The Bertz CT molecular complexity index is 347. The highest BCUT2D eigenvalue weighted by Gasteiger charge is 2.22. The molecule has 2 heterocycles. The fourth-order valence-electron chi connectivity index (χ4n) is 2.03. The molecule has 1 aromatic heterocycles. The first-order valence-corrected chi connectivity index (χ1v) is 6.73. The second-order valence-corrected chi connectivity index (χ2v) is 5.07. The Morgan fingerprint density at radius 2 is 2.47 bits per heavy atom. The minimum Gasteiger partial charge on any atom is -0.384 e. The molecule has 1 atom stereocenters. The van der Waals surface area contributed by atoms with Crippen molar-refractivity contribution in [3.8, 4) is 0 Å². The lowest BCUT2D eigenvalue weighted by molar-refractivity contribution is 0.201. The molecular weight excluding hydrogens is 241 g/mol. The number of anilines is 1. The minimum absolute atomic E-state index is 0.162. The topological polar surface area (TPSA) is 38.2 Å². The fourth-order valence-corrected chi connectivity index (χ4v) is 2.78. The standard InChI is InChI=1S/C11H18FN3OS/c1-16-6-4-10-13-11(17-14-10)15-5-2-3-9(7-12)8-15/h9H,2-8H2,1H3. The van der Waals surface area contributed by atoms with Crippen molar-refractivity contribution in [3.63, 3.8) is 0 Å². The summed E-state index contributed by atoms with van der Waals surface area (Å²) in [5, 5.41) is 0.925. The summed E-state index contributed by atoms with van der Waals surface area (Å²) < 4.78 is 22.0. The van der Waals surface area contributed by atoms with Crippen molar-refractivity contribution in [1.29, 1.82) is 0 Å². The summed E-state index contributed by atoms with van der Waals surface area (Å²) in [6.07, 6.45) is 2.78. The van der Waals surface area contributed by atoms with E-state index in [-0.39, 0.29) is 12.6 Å². The first-order chi connectivity index (χ1) is 8.33. The molecule has 0 bridgehead atoms. The van der Waals surface area contributed by atoms with Crippen LogP contribution in [0, 0.1) is 5.92 Å². The van der Waals surface area contributed by atoms with E-state index < -0.39 is 0 Å². The number of piperidine rings is 1. The van der Waals surface area contributed by atoms with Crippen LogP contribution in [-0.4, -0.2) is 42.8 Å². The van der Waals surface area contributed by atoms with Crippen molar-refractivity contribution in [2.75, 3.05) is 38.4 Å². The highest BCUT2D eigenvalue weighted by molar-refractivity contribution is 7.09. The van der Waals surface area contributed by atoms with E-state index in [1.165, 1.54) is 11.5 Å². The lowest BCUT2D eigenvalue weighted by Gasteiger charge is -2.30. The Morgan fingerprint density at radius 3 is 3.24 bits per heavy atom. The molecule has 1 aliphatic rings. The molecule has 96 valence electrons. The third kappa shape index (κ3) is 3.35. The zero-order valence-electron chi connectivity index (χ0n) is 10.1. The number of hydrogen-bond acceptors (Lipinski definition) is 5. The molecule has 0 spiro atoms. The Balaban J connectivity index is 1.94. The number of nitrogens with zero attached hydrogens (tertiary/aromatic N) is 3. The van der Waals surface area contributed by atoms with Gasteiger partial charge in [-0.25, -0.2) is 4.98 Å². The smallest absolute Gasteiger partial charge is 0.205 e. The molecular formula is C11H18FN3OS. The van der Waals surface area contributed by atoms with Crippen LogP contribution in [0.3, 0.4) is 0 Å². The van der Waals surface area contributed by atoms with E-state index in [0.717, 1.165) is 43.3 Å². The van der Waals surface area contributed by atoms with Gasteiger partial charge in [0.1, 0.15) is 5.82 Å². The second kappa shape index (κ2) is 6.26. The molecule has 1 saturated heterocycles. The predicted molar refractivity (Wildman–Crippen MR) is 66.4 cm³/mol. The van der Waals surface area contributed by atoms with Gasteiger partial charge in [-0.1, -0.05) is 0 Å². The number of ether oxygens (including phenoxy) is 1. The van der Waals surface area contributed by atoms with Crippen molar-refractivity contribution in [1.82, 2.24) is 9.36 Å². The molecule has 1 fully saturated rings. The van der Waals surface area contributed by atoms with Crippen molar-refractivity contribution in [2.24, 2.45) is 5.92 Å². The Morgan fingerprint density at radius 1 is 1.59 bits per heavy atom. The van der Waals surface area contributed by atoms with Crippen LogP contribution in [0.4, 0.5) is 9.52 Å². The molecule has 0 amide bonds. The van der Waals surface area contributed by atoms with Gasteiger partial charge in [-0.15, -0.1) is 0 Å². The predicted octanol–water partition coefficient (Wildman–Crippen LogP) is 1.91. The summed E-state index contributed by atoms with van der Waals surface area (Å²) in [7, 11) is 1.67. The normalized spacial score (nSPS) is 20.8. The molecule has 0 aromatic carbocycles. The zero-order chi connectivity index (χ0) is 12.1. The number of alkyl halides is 1. The maximum atomic E-state index is 12.7. The Kier molecular flexibility index (Phi) is 4.67. The quantitative estimate of drug-likeness (QED) is 0.809. The van der Waals surface area contributed by atoms with E-state index in [2.05, 4.69) is 14.3 Å². The monoisotopic (exact) mass is 259 g/mol. The van der Waals surface area contributed by atoms with Crippen LogP contribution in [0.1, 0.15) is 18.7 Å². The molecule has 0 radical (unpaired) electrons. The van der Waals surface area contributed by atoms with E-state index in [0.29, 0.717) is 6.61 Å². The molecule has 0 N–H and O–H groups in total. The Labute approximate surface area is 105 Å². The first-order valence-electron chi connectivity index (χ1n) is 5.96. The summed E-state index contributed by atoms with van der Waals surface area (Å²) in [5.74, 6) is 0.990. The van der Waals surface area contributed by atoms with Crippen LogP contribution >= 0.6 is 11.5 Å². The average Bonchev–Trinajstić information content (AvgIpc) is 2.85. The molecule has 1 aromatic rings. The van der Waals surface area contributed by atoms with E-state index in [9.17, 15) is 4.39 Å². The van der Waals surface area contributed by atoms with E-state index in [4.69, 9.17) is 4.74 Å². The number of halogens is 1. The summed E-state index contributed by atoms with van der Waals surface area (Å²) in [6.45, 7) is 2.15. The second-order valence-electron chi connectivity index (χ2n) is 4.34. The van der Waals surface area contributed by atoms with E-state index in [1.54, 1.807) is 7.11 Å². The maximum Gasteiger partial charge on any atom is 0.205 e. The van der Waals surface area contributed by atoms with Crippen molar-refractivity contribution >= 4 is 16.7 Å². The van der Waals surface area contributed by atoms with Crippen LogP contribution in [-0.2, 0) is 11.2 Å². The third-order valence-corrected chi connectivity index (χ3v) is 3.81. The van der Waals surface area contributed by atoms with Crippen LogP contribution in [0.5, 0.6) is 0 Å². The number of aromatic nitrogens is 2. The summed E-state index contributed by atoms with van der Waals surface area (Å²) in [5.41, 5.74) is 0. The van der Waals surface area contributed by atoms with Gasteiger partial charge in [0.25, 0.3) is 0 Å². The van der Waals surface area contributed by atoms with Gasteiger partial charge in [-0.05, 0) is 12.8 Å². The molecule has 0 aliphatic carbocycles. The van der Waals surface area contributed by atoms with E-state index in [1.807, 2.05) is 0 Å². The SMILES string of the molecule is COCCc1nsc(N2CCCC(CF)C2)n1. The number of rotatable bonds is 5. The summed E-state index contributed by atoms with van der Waals surface area (Å²) >= 11 is 1.41. The van der Waals surface area contributed by atoms with Crippen LogP contribution in [0.25, 0.3) is 0 Å². The largest absolute Gasteiger partial charge is 0.384 e. The van der Waals surface area contributed by atoms with Crippen LogP contribution < -0.4 is 4.90 Å². The first kappa shape index (κ1) is 12.7. The average molecular weight is 259 g/mol. The summed E-state index contributed by atoms with van der Waals surface area (Å²) in [6, 6.07) is 0. The van der Waals surface area contributed by atoms with Crippen molar-refractivity contribution in [3.05, 3.63) is 5.82 Å². The van der Waals surface area contributed by atoms with Gasteiger partial charge in [0.15, 0.2) is 0 Å². The molecule has 1 unspecified atom stereocenters. The van der Waals surface area contributed by atoms with Gasteiger partial charge in [0, 0.05) is 44.1 Å². The molecule has 0 saturated carbocycles. The molecule has 4 nitrogen and oxygen atoms in total. The molecule has 17 heavy (non-hydrogen) atoms. The highest BCUT2D eigenvalue weighted by Crippen LogP contribution is 2.24. The zero-order valence-corrected chi connectivity index (χ0v) is 10.9. The number of methoxy groups -OCH3 is 1. The van der Waals surface area contributed by atoms with Gasteiger partial charge in [-0.3, -0.25) is 4.39 Å². The lowest BCUT2D eigenvalue weighted by Crippen LogP contribution is -2.36. The molecule has 2 rings (SSSR count). The van der Waals surface area contributed by atoms with Gasteiger partial charge in [0.05, 0.1) is 13.3 Å². The lowest BCUT2D eigenvalue weighted by atomic mass is 10.0. The maximum absolute atomic E-state index is 12.7. The van der Waals surface area contributed by atoms with Gasteiger partial charge in [0.2, 0.25) is 5.13 Å². The van der Waals surface area contributed by atoms with Crippen LogP contribution in [0.2, 0.25) is 0 Å². The van der Waals surface area contributed by atoms with E-state index >= 15 is 0 Å². The Hall–Kier alpha value is -0.750. The van der Waals surface area contributed by atoms with Crippen molar-refractivity contribution < 1.29 is 9.13 Å². The van der Waals surface area contributed by atoms with Gasteiger partial charge >= 0.3 is 0 Å². The van der Waals surface area contributed by atoms with Crippen LogP contribution in [0.15, 0.2) is 0 Å². The third-order valence-electron chi connectivity index (χ3n) is 2.99. The number of hydrogen-bond donors (Lipinski definition) is 0. The van der Waals surface area contributed by atoms with Gasteiger partial charge in [-0.2, -0.15) is 4.37 Å².